The van der Waals surface area contributed by atoms with E-state index in [0.29, 0.717) is 6.54 Å². The second-order valence-corrected chi connectivity index (χ2v) is 4.45. The molecule has 0 aromatic rings. The minimum atomic E-state index is -1.83. The third kappa shape index (κ3) is 6.33. The standard InChI is InChI=1S/C9H19NO5.C2H2O4/c1-2-3-10-5-9(14)8(13)7(12)6(11)4-15-9;3-1(4)2(5)6/h6-8,10-14H,2-5H2,1H3;(H,3,4)(H,5,6)/t6-,7-,8+,9-;/m1./s1. The maximum atomic E-state index is 9.85. The topological polar surface area (TPSA) is 177 Å². The van der Waals surface area contributed by atoms with Crippen molar-refractivity contribution >= 4 is 11.9 Å². The fourth-order valence-electron chi connectivity index (χ4n) is 1.49. The Morgan fingerprint density at radius 3 is 2.19 bits per heavy atom. The van der Waals surface area contributed by atoms with Gasteiger partial charge >= 0.3 is 11.9 Å². The van der Waals surface area contributed by atoms with Crippen molar-refractivity contribution in [1.82, 2.24) is 5.32 Å². The Kier molecular flexibility index (Phi) is 8.32. The number of carboxylic acid groups (broad SMARTS) is 2. The van der Waals surface area contributed by atoms with E-state index < -0.39 is 36.0 Å². The minimum Gasteiger partial charge on any atom is -0.473 e. The Labute approximate surface area is 120 Å². The molecule has 0 amide bonds. The first-order chi connectivity index (χ1) is 9.65. The van der Waals surface area contributed by atoms with Gasteiger partial charge < -0.3 is 40.7 Å². The highest BCUT2D eigenvalue weighted by Crippen LogP contribution is 2.23. The van der Waals surface area contributed by atoms with E-state index in [4.69, 9.17) is 24.5 Å². The number of aliphatic hydroxyl groups is 4. The van der Waals surface area contributed by atoms with Crippen LogP contribution in [0.4, 0.5) is 0 Å². The lowest BCUT2D eigenvalue weighted by Gasteiger charge is -2.41. The first-order valence-corrected chi connectivity index (χ1v) is 6.23. The van der Waals surface area contributed by atoms with E-state index in [9.17, 15) is 20.4 Å². The van der Waals surface area contributed by atoms with Crippen LogP contribution in [0.1, 0.15) is 13.3 Å². The van der Waals surface area contributed by atoms with Crippen molar-refractivity contribution in [2.24, 2.45) is 0 Å². The van der Waals surface area contributed by atoms with Crippen molar-refractivity contribution in [3.63, 3.8) is 0 Å². The van der Waals surface area contributed by atoms with Gasteiger partial charge in [-0.05, 0) is 13.0 Å². The van der Waals surface area contributed by atoms with E-state index in [0.717, 1.165) is 6.42 Å². The summed E-state index contributed by atoms with van der Waals surface area (Å²) in [5, 5.41) is 55.6. The van der Waals surface area contributed by atoms with Crippen molar-refractivity contribution in [3.05, 3.63) is 0 Å². The average Bonchev–Trinajstić information content (AvgIpc) is 2.42. The summed E-state index contributed by atoms with van der Waals surface area (Å²) in [7, 11) is 0. The van der Waals surface area contributed by atoms with Crippen molar-refractivity contribution in [2.75, 3.05) is 19.7 Å². The van der Waals surface area contributed by atoms with Gasteiger partial charge in [-0.25, -0.2) is 9.59 Å². The van der Waals surface area contributed by atoms with Crippen LogP contribution in [-0.2, 0) is 14.3 Å². The Morgan fingerprint density at radius 1 is 1.24 bits per heavy atom. The number of carboxylic acids is 2. The van der Waals surface area contributed by atoms with Crippen molar-refractivity contribution in [3.8, 4) is 0 Å². The zero-order valence-electron chi connectivity index (χ0n) is 11.5. The number of hydrogen-bond donors (Lipinski definition) is 7. The molecule has 4 atom stereocenters. The highest BCUT2D eigenvalue weighted by molar-refractivity contribution is 6.27. The number of nitrogens with one attached hydrogen (secondary N) is 1. The van der Waals surface area contributed by atoms with Crippen LogP contribution >= 0.6 is 0 Å². The zero-order chi connectivity index (χ0) is 16.6. The maximum absolute atomic E-state index is 9.85. The van der Waals surface area contributed by atoms with Gasteiger partial charge in [-0.1, -0.05) is 6.92 Å². The Bertz CT molecular complexity index is 339. The first kappa shape index (κ1) is 19.7. The van der Waals surface area contributed by atoms with Crippen LogP contribution in [0, 0.1) is 0 Å². The van der Waals surface area contributed by atoms with Gasteiger partial charge in [0.25, 0.3) is 0 Å². The van der Waals surface area contributed by atoms with E-state index in [1.54, 1.807) is 0 Å². The molecule has 10 nitrogen and oxygen atoms in total. The molecular weight excluding hydrogens is 290 g/mol. The first-order valence-electron chi connectivity index (χ1n) is 6.23. The summed E-state index contributed by atoms with van der Waals surface area (Å²) in [6.45, 7) is 2.47. The molecule has 124 valence electrons. The molecular formula is C11H21NO9. The molecule has 1 aliphatic rings. The quantitative estimate of drug-likeness (QED) is 0.208. The second kappa shape index (κ2) is 8.87. The number of rotatable bonds is 4. The van der Waals surface area contributed by atoms with Crippen LogP contribution < -0.4 is 5.32 Å². The van der Waals surface area contributed by atoms with E-state index in [1.807, 2.05) is 6.92 Å². The summed E-state index contributed by atoms with van der Waals surface area (Å²) >= 11 is 0. The molecule has 0 aromatic heterocycles. The van der Waals surface area contributed by atoms with E-state index in [2.05, 4.69) is 5.32 Å². The zero-order valence-corrected chi connectivity index (χ0v) is 11.5. The summed E-state index contributed by atoms with van der Waals surface area (Å²) in [5.74, 6) is -5.47. The van der Waals surface area contributed by atoms with Gasteiger partial charge in [-0.15, -0.1) is 0 Å². The molecule has 1 heterocycles. The van der Waals surface area contributed by atoms with Gasteiger partial charge in [0.15, 0.2) is 0 Å². The molecule has 0 aliphatic carbocycles. The van der Waals surface area contributed by atoms with Crippen LogP contribution in [0.25, 0.3) is 0 Å². The second-order valence-electron chi connectivity index (χ2n) is 4.45. The molecule has 21 heavy (non-hydrogen) atoms. The minimum absolute atomic E-state index is 0.0196. The lowest BCUT2D eigenvalue weighted by atomic mass is 9.97. The smallest absolute Gasteiger partial charge is 0.414 e. The Hall–Kier alpha value is -1.30. The molecule has 1 aliphatic heterocycles. The molecule has 7 N–H and O–H groups in total. The van der Waals surface area contributed by atoms with E-state index in [1.165, 1.54) is 0 Å². The fourth-order valence-corrected chi connectivity index (χ4v) is 1.49. The lowest BCUT2D eigenvalue weighted by molar-refractivity contribution is -0.317. The molecule has 0 unspecified atom stereocenters. The van der Waals surface area contributed by atoms with Gasteiger partial charge in [0, 0.05) is 0 Å². The normalized spacial score (nSPS) is 32.0. The summed E-state index contributed by atoms with van der Waals surface area (Å²) in [4.78, 5) is 18.2. The monoisotopic (exact) mass is 311 g/mol. The van der Waals surface area contributed by atoms with Gasteiger partial charge in [-0.2, -0.15) is 0 Å². The number of aliphatic carboxylic acids is 2. The third-order valence-electron chi connectivity index (χ3n) is 2.67. The van der Waals surface area contributed by atoms with Gasteiger partial charge in [0.1, 0.15) is 18.3 Å². The largest absolute Gasteiger partial charge is 0.473 e. The molecule has 10 heteroatoms. The van der Waals surface area contributed by atoms with Crippen LogP contribution in [0.2, 0.25) is 0 Å². The number of ether oxygens (including phenoxy) is 1. The maximum Gasteiger partial charge on any atom is 0.414 e. The van der Waals surface area contributed by atoms with Gasteiger partial charge in [-0.3, -0.25) is 0 Å². The molecule has 1 fully saturated rings. The number of hydrogen-bond acceptors (Lipinski definition) is 8. The number of aliphatic hydroxyl groups excluding tert-OH is 3. The SMILES string of the molecule is CCCNC[C@@]1(O)OC[C@@H](O)[C@@H](O)[C@@H]1O.O=C(O)C(=O)O. The average molecular weight is 311 g/mol. The molecule has 0 bridgehead atoms. The summed E-state index contributed by atoms with van der Waals surface area (Å²) in [5.41, 5.74) is 0. The fraction of sp³-hybridized carbons (Fsp3) is 0.818. The van der Waals surface area contributed by atoms with Crippen LogP contribution in [0.5, 0.6) is 0 Å². The van der Waals surface area contributed by atoms with E-state index >= 15 is 0 Å². The molecule has 1 rings (SSSR count). The Morgan fingerprint density at radius 2 is 1.76 bits per heavy atom. The van der Waals surface area contributed by atoms with Gasteiger partial charge in [0.2, 0.25) is 5.79 Å². The highest BCUT2D eigenvalue weighted by Gasteiger charge is 2.47. The molecule has 0 spiro atoms. The predicted octanol–water partition coefficient (Wildman–Crippen LogP) is -3.06. The number of carbonyl (C=O) groups is 2. The highest BCUT2D eigenvalue weighted by atomic mass is 16.6. The van der Waals surface area contributed by atoms with Crippen molar-refractivity contribution in [2.45, 2.75) is 37.4 Å². The molecule has 0 radical (unpaired) electrons. The van der Waals surface area contributed by atoms with Gasteiger partial charge in [0.05, 0.1) is 13.2 Å². The predicted molar refractivity (Wildman–Crippen MR) is 67.4 cm³/mol. The Balaban J connectivity index is 0.000000567. The molecule has 1 saturated heterocycles. The third-order valence-corrected chi connectivity index (χ3v) is 2.67. The summed E-state index contributed by atoms with van der Waals surface area (Å²) in [6, 6.07) is 0. The van der Waals surface area contributed by atoms with Crippen LogP contribution in [0.15, 0.2) is 0 Å². The van der Waals surface area contributed by atoms with Crippen molar-refractivity contribution in [1.29, 1.82) is 0 Å². The molecule has 0 saturated carbocycles. The summed E-state index contributed by atoms with van der Waals surface area (Å²) < 4.78 is 4.94. The lowest BCUT2D eigenvalue weighted by Crippen LogP contribution is -2.64. The van der Waals surface area contributed by atoms with E-state index in [-0.39, 0.29) is 13.2 Å². The summed E-state index contributed by atoms with van der Waals surface area (Å²) in [6.07, 6.45) is -3.17. The van der Waals surface area contributed by atoms with Crippen LogP contribution in [-0.4, -0.2) is 86.4 Å². The molecule has 0 aromatic carbocycles. The van der Waals surface area contributed by atoms with Crippen molar-refractivity contribution < 1.29 is 45.0 Å². The van der Waals surface area contributed by atoms with Crippen LogP contribution in [0.3, 0.4) is 0 Å².